The number of ether oxygens (including phenoxy) is 1. The molecule has 0 radical (unpaired) electrons. The van der Waals surface area contributed by atoms with Gasteiger partial charge in [-0.25, -0.2) is 9.18 Å². The number of fused-ring (bicyclic) bond motifs is 1. The van der Waals surface area contributed by atoms with Crippen molar-refractivity contribution >= 4 is 6.09 Å². The molecule has 23 heavy (non-hydrogen) atoms. The minimum Gasteiger partial charge on any atom is -0.443 e. The highest BCUT2D eigenvalue weighted by molar-refractivity contribution is 5.69. The fourth-order valence-corrected chi connectivity index (χ4v) is 3.11. The lowest BCUT2D eigenvalue weighted by Gasteiger charge is -2.27. The molecule has 0 bridgehead atoms. The number of carbonyl (C=O) groups is 1. The maximum atomic E-state index is 14.0. The van der Waals surface area contributed by atoms with Crippen LogP contribution >= 0.6 is 0 Å². The summed E-state index contributed by atoms with van der Waals surface area (Å²) in [7, 11) is 0. The summed E-state index contributed by atoms with van der Waals surface area (Å²) in [5.41, 5.74) is 1.93. The monoisotopic (exact) mass is 317 g/mol. The zero-order chi connectivity index (χ0) is 15.8. The van der Waals surface area contributed by atoms with E-state index in [2.05, 4.69) is 15.4 Å². The number of nitrogens with zero attached hydrogens (tertiary/aromatic N) is 2. The molecule has 0 saturated carbocycles. The molecule has 2 aliphatic rings. The van der Waals surface area contributed by atoms with Crippen molar-refractivity contribution in [1.29, 1.82) is 0 Å². The molecule has 7 heteroatoms. The van der Waals surface area contributed by atoms with Crippen LogP contribution < -0.4 is 5.32 Å². The van der Waals surface area contributed by atoms with Crippen LogP contribution in [-0.4, -0.2) is 41.9 Å². The molecule has 1 saturated heterocycles. The summed E-state index contributed by atoms with van der Waals surface area (Å²) in [6, 6.07) is 6.55. The lowest BCUT2D eigenvalue weighted by atomic mass is 10.0. The number of aromatic nitrogens is 1. The topological polar surface area (TPSA) is 67.6 Å². The largest absolute Gasteiger partial charge is 0.443 e. The predicted molar refractivity (Wildman–Crippen MR) is 79.1 cm³/mol. The summed E-state index contributed by atoms with van der Waals surface area (Å²) in [6.07, 6.45) is 0.191. The molecule has 1 N–H and O–H groups in total. The number of halogens is 1. The number of alkyl carbamates (subject to hydrolysis) is 1. The first-order valence-corrected chi connectivity index (χ1v) is 7.60. The third-order valence-electron chi connectivity index (χ3n) is 4.24. The molecule has 0 spiro atoms. The molecule has 1 amide bonds. The number of carbonyl (C=O) groups excluding carboxylic acids is 1. The standard InChI is InChI=1S/C16H16FN3O3/c17-13-4-2-1-3-11(13)15-12-9-20(6-5-14(12)23-19-15)8-10-7-18-16(21)22-10/h1-4,10H,5-9H2,(H,18,21)/t10-/m1/s1. The first-order valence-electron chi connectivity index (χ1n) is 7.60. The van der Waals surface area contributed by atoms with Crippen LogP contribution in [0.25, 0.3) is 11.3 Å². The van der Waals surface area contributed by atoms with Gasteiger partial charge in [0.2, 0.25) is 0 Å². The highest BCUT2D eigenvalue weighted by Gasteiger charge is 2.30. The molecule has 3 heterocycles. The van der Waals surface area contributed by atoms with Crippen molar-refractivity contribution in [2.24, 2.45) is 0 Å². The lowest BCUT2D eigenvalue weighted by Crippen LogP contribution is -2.37. The molecule has 2 aromatic rings. The van der Waals surface area contributed by atoms with Crippen LogP contribution in [0.4, 0.5) is 9.18 Å². The molecule has 2 aliphatic heterocycles. The number of nitrogens with one attached hydrogen (secondary N) is 1. The van der Waals surface area contributed by atoms with Gasteiger partial charge < -0.3 is 14.6 Å². The van der Waals surface area contributed by atoms with E-state index in [9.17, 15) is 9.18 Å². The van der Waals surface area contributed by atoms with E-state index in [1.54, 1.807) is 18.2 Å². The third-order valence-corrected chi connectivity index (χ3v) is 4.24. The van der Waals surface area contributed by atoms with Gasteiger partial charge in [-0.05, 0) is 12.1 Å². The van der Waals surface area contributed by atoms with Crippen LogP contribution in [0.1, 0.15) is 11.3 Å². The SMILES string of the molecule is O=C1NC[C@H](CN2CCc3onc(-c4ccccc4F)c3C2)O1. The fraction of sp³-hybridized carbons (Fsp3) is 0.375. The van der Waals surface area contributed by atoms with Gasteiger partial charge in [0.15, 0.2) is 0 Å². The maximum absolute atomic E-state index is 14.0. The van der Waals surface area contributed by atoms with Gasteiger partial charge in [-0.1, -0.05) is 17.3 Å². The Morgan fingerprint density at radius 1 is 1.39 bits per heavy atom. The molecule has 4 rings (SSSR count). The Morgan fingerprint density at radius 2 is 2.26 bits per heavy atom. The summed E-state index contributed by atoms with van der Waals surface area (Å²) in [6.45, 7) is 2.57. The van der Waals surface area contributed by atoms with Gasteiger partial charge in [-0.15, -0.1) is 0 Å². The van der Waals surface area contributed by atoms with Crippen LogP contribution in [0.15, 0.2) is 28.8 Å². The minimum absolute atomic E-state index is 0.152. The highest BCUT2D eigenvalue weighted by Crippen LogP contribution is 2.31. The molecule has 0 unspecified atom stereocenters. The Labute approximate surface area is 132 Å². The quantitative estimate of drug-likeness (QED) is 0.937. The first-order chi connectivity index (χ1) is 11.2. The second kappa shape index (κ2) is 5.66. The Bertz CT molecular complexity index is 746. The van der Waals surface area contributed by atoms with Crippen molar-refractivity contribution in [2.45, 2.75) is 19.1 Å². The van der Waals surface area contributed by atoms with E-state index in [0.29, 0.717) is 37.3 Å². The molecule has 120 valence electrons. The summed E-state index contributed by atoms with van der Waals surface area (Å²) in [4.78, 5) is 13.3. The van der Waals surface area contributed by atoms with Gasteiger partial charge >= 0.3 is 6.09 Å². The van der Waals surface area contributed by atoms with Crippen LogP contribution in [0, 0.1) is 5.82 Å². The third kappa shape index (κ3) is 2.68. The summed E-state index contributed by atoms with van der Waals surface area (Å²) >= 11 is 0. The number of amides is 1. The molecule has 0 aliphatic carbocycles. The van der Waals surface area contributed by atoms with E-state index in [1.807, 2.05) is 0 Å². The van der Waals surface area contributed by atoms with Crippen molar-refractivity contribution in [3.63, 3.8) is 0 Å². The van der Waals surface area contributed by atoms with Gasteiger partial charge in [-0.3, -0.25) is 4.90 Å². The normalized spacial score (nSPS) is 20.9. The number of benzene rings is 1. The summed E-state index contributed by atoms with van der Waals surface area (Å²) in [5.74, 6) is 0.496. The summed E-state index contributed by atoms with van der Waals surface area (Å²) in [5, 5.41) is 6.72. The Kier molecular flexibility index (Phi) is 3.49. The lowest BCUT2D eigenvalue weighted by molar-refractivity contribution is 0.102. The van der Waals surface area contributed by atoms with E-state index in [4.69, 9.17) is 9.26 Å². The Balaban J connectivity index is 1.56. The van der Waals surface area contributed by atoms with E-state index in [-0.39, 0.29) is 18.0 Å². The van der Waals surface area contributed by atoms with Crippen LogP contribution in [-0.2, 0) is 17.7 Å². The zero-order valence-electron chi connectivity index (χ0n) is 12.4. The molecule has 1 aromatic heterocycles. The number of hydrogen-bond acceptors (Lipinski definition) is 5. The Hall–Kier alpha value is -2.41. The van der Waals surface area contributed by atoms with Gasteiger partial charge in [0.1, 0.15) is 23.4 Å². The van der Waals surface area contributed by atoms with Crippen LogP contribution in [0.2, 0.25) is 0 Å². The smallest absolute Gasteiger partial charge is 0.407 e. The predicted octanol–water partition coefficient (Wildman–Crippen LogP) is 1.95. The van der Waals surface area contributed by atoms with Crippen molar-refractivity contribution in [3.8, 4) is 11.3 Å². The zero-order valence-corrected chi connectivity index (χ0v) is 12.4. The van der Waals surface area contributed by atoms with Crippen LogP contribution in [0.5, 0.6) is 0 Å². The molecular weight excluding hydrogens is 301 g/mol. The van der Waals surface area contributed by atoms with Crippen molar-refractivity contribution in [2.75, 3.05) is 19.6 Å². The van der Waals surface area contributed by atoms with Crippen molar-refractivity contribution in [1.82, 2.24) is 15.4 Å². The average Bonchev–Trinajstić information content (AvgIpc) is 3.14. The highest BCUT2D eigenvalue weighted by atomic mass is 19.1. The number of rotatable bonds is 3. The minimum atomic E-state index is -0.371. The molecular formula is C16H16FN3O3. The molecule has 6 nitrogen and oxygen atoms in total. The van der Waals surface area contributed by atoms with Gasteiger partial charge in [0, 0.05) is 37.2 Å². The molecule has 1 atom stereocenters. The van der Waals surface area contributed by atoms with E-state index < -0.39 is 0 Å². The second-order valence-corrected chi connectivity index (χ2v) is 5.81. The van der Waals surface area contributed by atoms with E-state index in [1.165, 1.54) is 6.07 Å². The van der Waals surface area contributed by atoms with Gasteiger partial charge in [0.05, 0.1) is 6.54 Å². The van der Waals surface area contributed by atoms with Crippen molar-refractivity contribution < 1.29 is 18.4 Å². The fourth-order valence-electron chi connectivity index (χ4n) is 3.11. The van der Waals surface area contributed by atoms with Crippen molar-refractivity contribution in [3.05, 3.63) is 41.4 Å². The first kappa shape index (κ1) is 14.2. The number of hydrogen-bond donors (Lipinski definition) is 1. The maximum Gasteiger partial charge on any atom is 0.407 e. The summed E-state index contributed by atoms with van der Waals surface area (Å²) < 4.78 is 24.6. The van der Waals surface area contributed by atoms with Gasteiger partial charge in [0.25, 0.3) is 0 Å². The second-order valence-electron chi connectivity index (χ2n) is 5.81. The Morgan fingerprint density at radius 3 is 3.04 bits per heavy atom. The van der Waals surface area contributed by atoms with E-state index in [0.717, 1.165) is 17.9 Å². The van der Waals surface area contributed by atoms with Crippen LogP contribution in [0.3, 0.4) is 0 Å². The van der Waals surface area contributed by atoms with Gasteiger partial charge in [-0.2, -0.15) is 0 Å². The average molecular weight is 317 g/mol. The number of cyclic esters (lactones) is 1. The molecule has 1 fully saturated rings. The molecule has 1 aromatic carbocycles. The van der Waals surface area contributed by atoms with E-state index >= 15 is 0 Å².